The second kappa shape index (κ2) is 6.45. The number of guanidine groups is 1. The van der Waals surface area contributed by atoms with Crippen molar-refractivity contribution in [3.63, 3.8) is 0 Å². The lowest BCUT2D eigenvalue weighted by Crippen LogP contribution is -2.41. The number of nitrogens with two attached hydrogens (primary N) is 1. The Bertz CT molecular complexity index is 458. The summed E-state index contributed by atoms with van der Waals surface area (Å²) in [5.74, 6) is 1.61. The fraction of sp³-hybridized carbons (Fsp3) is 0.500. The molecule has 1 aromatic carbocycles. The van der Waals surface area contributed by atoms with Gasteiger partial charge in [-0.3, -0.25) is 0 Å². The molecule has 5 heteroatoms. The third-order valence-corrected chi connectivity index (χ3v) is 3.64. The average molecular weight is 373 g/mol. The highest BCUT2D eigenvalue weighted by Gasteiger charge is 2.24. The van der Waals surface area contributed by atoms with Crippen LogP contribution in [0.2, 0.25) is 0 Å². The summed E-state index contributed by atoms with van der Waals surface area (Å²) < 4.78 is 5.62. The van der Waals surface area contributed by atoms with E-state index in [1.165, 1.54) is 19.3 Å². The highest BCUT2D eigenvalue weighted by molar-refractivity contribution is 14.0. The van der Waals surface area contributed by atoms with Crippen LogP contribution < -0.4 is 10.5 Å². The zero-order valence-corrected chi connectivity index (χ0v) is 13.2. The van der Waals surface area contributed by atoms with Gasteiger partial charge in [0.15, 0.2) is 5.96 Å². The number of benzene rings is 1. The van der Waals surface area contributed by atoms with Crippen molar-refractivity contribution in [3.8, 4) is 5.75 Å². The van der Waals surface area contributed by atoms with Crippen molar-refractivity contribution >= 4 is 29.9 Å². The van der Waals surface area contributed by atoms with E-state index in [0.29, 0.717) is 12.6 Å². The molecule has 4 nitrogen and oxygen atoms in total. The molecule has 0 aliphatic carbocycles. The zero-order chi connectivity index (χ0) is 12.4. The molecule has 1 saturated heterocycles. The van der Waals surface area contributed by atoms with E-state index < -0.39 is 0 Å². The van der Waals surface area contributed by atoms with Gasteiger partial charge in [-0.1, -0.05) is 18.2 Å². The van der Waals surface area contributed by atoms with Gasteiger partial charge in [0.25, 0.3) is 0 Å². The Morgan fingerprint density at radius 3 is 2.74 bits per heavy atom. The van der Waals surface area contributed by atoms with Gasteiger partial charge in [-0.2, -0.15) is 0 Å². The third-order valence-electron chi connectivity index (χ3n) is 3.64. The number of likely N-dealkylation sites (tertiary alicyclic amines) is 1. The summed E-state index contributed by atoms with van der Waals surface area (Å²) in [6.07, 6.45) is 3.74. The Morgan fingerprint density at radius 1 is 1.21 bits per heavy atom. The van der Waals surface area contributed by atoms with E-state index in [9.17, 15) is 0 Å². The first-order valence-corrected chi connectivity index (χ1v) is 6.64. The first-order valence-electron chi connectivity index (χ1n) is 6.64. The predicted octanol–water partition coefficient (Wildman–Crippen LogP) is 2.54. The molecular formula is C14H20IN3O. The minimum Gasteiger partial charge on any atom is -0.491 e. The molecule has 1 unspecified atom stereocenters. The SMILES string of the molecule is I.NC(=NC1COc2ccccc21)N1CCCCC1. The largest absolute Gasteiger partial charge is 0.491 e. The molecule has 1 fully saturated rings. The van der Waals surface area contributed by atoms with E-state index in [2.05, 4.69) is 16.0 Å². The number of hydrogen-bond acceptors (Lipinski definition) is 2. The second-order valence-electron chi connectivity index (χ2n) is 4.90. The number of nitrogens with zero attached hydrogens (tertiary/aromatic N) is 2. The molecule has 2 aliphatic rings. The molecule has 19 heavy (non-hydrogen) atoms. The van der Waals surface area contributed by atoms with E-state index in [4.69, 9.17) is 10.5 Å². The lowest BCUT2D eigenvalue weighted by molar-refractivity contribution is 0.321. The van der Waals surface area contributed by atoms with Gasteiger partial charge in [0.2, 0.25) is 0 Å². The summed E-state index contributed by atoms with van der Waals surface area (Å²) in [6, 6.07) is 8.12. The van der Waals surface area contributed by atoms with Crippen LogP contribution in [-0.4, -0.2) is 30.6 Å². The summed E-state index contributed by atoms with van der Waals surface area (Å²) in [6.45, 7) is 2.67. The maximum atomic E-state index is 6.11. The van der Waals surface area contributed by atoms with Gasteiger partial charge < -0.3 is 15.4 Å². The van der Waals surface area contributed by atoms with Gasteiger partial charge >= 0.3 is 0 Å². The number of hydrogen-bond donors (Lipinski definition) is 1. The Hall–Kier alpha value is -0.980. The van der Waals surface area contributed by atoms with Gasteiger partial charge in [-0.25, -0.2) is 4.99 Å². The van der Waals surface area contributed by atoms with Crippen LogP contribution in [0.1, 0.15) is 30.9 Å². The topological polar surface area (TPSA) is 50.9 Å². The van der Waals surface area contributed by atoms with Gasteiger partial charge in [0.1, 0.15) is 18.4 Å². The van der Waals surface area contributed by atoms with Crippen molar-refractivity contribution in [2.24, 2.45) is 10.7 Å². The Morgan fingerprint density at radius 2 is 1.95 bits per heavy atom. The lowest BCUT2D eigenvalue weighted by Gasteiger charge is -2.28. The molecule has 0 spiro atoms. The molecule has 0 bridgehead atoms. The number of rotatable bonds is 1. The van der Waals surface area contributed by atoms with E-state index in [1.807, 2.05) is 18.2 Å². The first kappa shape index (κ1) is 14.4. The Balaban J connectivity index is 0.00000133. The van der Waals surface area contributed by atoms with Crippen LogP contribution in [0.3, 0.4) is 0 Å². The van der Waals surface area contributed by atoms with Gasteiger partial charge in [-0.05, 0) is 25.3 Å². The maximum Gasteiger partial charge on any atom is 0.191 e. The number of fused-ring (bicyclic) bond motifs is 1. The quantitative estimate of drug-likeness (QED) is 0.468. The van der Waals surface area contributed by atoms with E-state index in [-0.39, 0.29) is 30.0 Å². The predicted molar refractivity (Wildman–Crippen MR) is 87.1 cm³/mol. The zero-order valence-electron chi connectivity index (χ0n) is 10.9. The molecule has 2 heterocycles. The summed E-state index contributed by atoms with van der Waals surface area (Å²) in [5, 5.41) is 0. The summed E-state index contributed by atoms with van der Waals surface area (Å²) >= 11 is 0. The second-order valence-corrected chi connectivity index (χ2v) is 4.90. The molecule has 0 saturated carbocycles. The van der Waals surface area contributed by atoms with Crippen LogP contribution in [0.4, 0.5) is 0 Å². The number of halogens is 1. The Labute approximate surface area is 131 Å². The summed E-state index contributed by atoms with van der Waals surface area (Å²) in [7, 11) is 0. The van der Waals surface area contributed by atoms with Crippen LogP contribution >= 0.6 is 24.0 Å². The summed E-state index contributed by atoms with van der Waals surface area (Å²) in [5.41, 5.74) is 7.26. The maximum absolute atomic E-state index is 6.11. The average Bonchev–Trinajstić information content (AvgIpc) is 2.83. The Kier molecular flexibility index (Phi) is 4.90. The van der Waals surface area contributed by atoms with Gasteiger partial charge in [0.05, 0.1) is 0 Å². The van der Waals surface area contributed by atoms with Crippen LogP contribution in [-0.2, 0) is 0 Å². The van der Waals surface area contributed by atoms with E-state index in [1.54, 1.807) is 0 Å². The van der Waals surface area contributed by atoms with E-state index >= 15 is 0 Å². The molecule has 0 radical (unpaired) electrons. The monoisotopic (exact) mass is 373 g/mol. The van der Waals surface area contributed by atoms with Gasteiger partial charge in [-0.15, -0.1) is 24.0 Å². The van der Waals surface area contributed by atoms with Crippen LogP contribution in [0.5, 0.6) is 5.75 Å². The molecule has 0 amide bonds. The van der Waals surface area contributed by atoms with Crippen molar-refractivity contribution < 1.29 is 4.74 Å². The van der Waals surface area contributed by atoms with Gasteiger partial charge in [0, 0.05) is 18.7 Å². The lowest BCUT2D eigenvalue weighted by atomic mass is 10.1. The van der Waals surface area contributed by atoms with Crippen molar-refractivity contribution in [2.45, 2.75) is 25.3 Å². The molecule has 0 aromatic heterocycles. The highest BCUT2D eigenvalue weighted by atomic mass is 127. The number of aliphatic imine (C=N–C) groups is 1. The smallest absolute Gasteiger partial charge is 0.191 e. The number of piperidine rings is 1. The van der Waals surface area contributed by atoms with Crippen molar-refractivity contribution in [1.82, 2.24) is 4.90 Å². The molecule has 104 valence electrons. The van der Waals surface area contributed by atoms with Crippen LogP contribution in [0.25, 0.3) is 0 Å². The fourth-order valence-corrected chi connectivity index (χ4v) is 2.62. The fourth-order valence-electron chi connectivity index (χ4n) is 2.62. The van der Waals surface area contributed by atoms with Crippen LogP contribution in [0.15, 0.2) is 29.3 Å². The minimum atomic E-state index is 0. The molecule has 3 rings (SSSR count). The van der Waals surface area contributed by atoms with Crippen LogP contribution in [0, 0.1) is 0 Å². The number of para-hydroxylation sites is 1. The molecule has 1 aromatic rings. The molecular weight excluding hydrogens is 353 g/mol. The van der Waals surface area contributed by atoms with Crippen molar-refractivity contribution in [1.29, 1.82) is 0 Å². The number of ether oxygens (including phenoxy) is 1. The molecule has 2 N–H and O–H groups in total. The highest BCUT2D eigenvalue weighted by Crippen LogP contribution is 2.34. The van der Waals surface area contributed by atoms with Crippen molar-refractivity contribution in [3.05, 3.63) is 29.8 Å². The van der Waals surface area contributed by atoms with E-state index in [0.717, 1.165) is 24.4 Å². The third kappa shape index (κ3) is 3.13. The minimum absolute atomic E-state index is 0. The van der Waals surface area contributed by atoms with Crippen molar-refractivity contribution in [2.75, 3.05) is 19.7 Å². The first-order chi connectivity index (χ1) is 8.84. The molecule has 1 atom stereocenters. The summed E-state index contributed by atoms with van der Waals surface area (Å²) in [4.78, 5) is 6.82. The standard InChI is InChI=1S/C14H19N3O.HI/c15-14(17-8-4-1-5-9-17)16-12-10-18-13-7-3-2-6-11(12)13;/h2-3,6-7,12H,1,4-5,8-10H2,(H2,15,16);1H. The normalized spacial score (nSPS) is 22.4. The molecule has 2 aliphatic heterocycles.